The Morgan fingerprint density at radius 1 is 0.857 bits per heavy atom. The molecule has 1 saturated heterocycles. The molecule has 7 nitrogen and oxygen atoms in total. The molecular weight excluding hydrogens is 359 g/mol. The van der Waals surface area contributed by atoms with E-state index in [-0.39, 0.29) is 17.4 Å². The predicted octanol–water partition coefficient (Wildman–Crippen LogP) is 2.59. The van der Waals surface area contributed by atoms with Crippen LogP contribution < -0.4 is 15.1 Å². The molecule has 3 aromatic rings. The van der Waals surface area contributed by atoms with Crippen LogP contribution >= 0.6 is 0 Å². The van der Waals surface area contributed by atoms with Crippen molar-refractivity contribution in [1.29, 1.82) is 0 Å². The standard InChI is InChI=1S/C20H19FN6O/c21-15-4-6-16(7-5-15)23-20(28)17-8-9-19(25-24-17)27-13-11-26(12-14-27)18-3-1-2-10-22-18/h1-10H,11-14H2,(H,23,28). The molecule has 0 saturated carbocycles. The molecule has 3 heterocycles. The minimum Gasteiger partial charge on any atom is -0.353 e. The smallest absolute Gasteiger partial charge is 0.276 e. The Balaban J connectivity index is 1.36. The maximum Gasteiger partial charge on any atom is 0.276 e. The summed E-state index contributed by atoms with van der Waals surface area (Å²) in [7, 11) is 0. The van der Waals surface area contributed by atoms with Crippen LogP contribution in [0.15, 0.2) is 60.8 Å². The molecular formula is C20H19FN6O. The zero-order chi connectivity index (χ0) is 19.3. The molecule has 0 aliphatic carbocycles. The van der Waals surface area contributed by atoms with E-state index in [9.17, 15) is 9.18 Å². The van der Waals surface area contributed by atoms with Crippen molar-refractivity contribution in [1.82, 2.24) is 15.2 Å². The van der Waals surface area contributed by atoms with Gasteiger partial charge in [0.2, 0.25) is 0 Å². The van der Waals surface area contributed by atoms with Crippen LogP contribution in [0.4, 0.5) is 21.7 Å². The van der Waals surface area contributed by atoms with Gasteiger partial charge in [-0.05, 0) is 48.5 Å². The number of aromatic nitrogens is 3. The van der Waals surface area contributed by atoms with E-state index in [2.05, 4.69) is 30.3 Å². The van der Waals surface area contributed by atoms with Crippen molar-refractivity contribution in [3.8, 4) is 0 Å². The summed E-state index contributed by atoms with van der Waals surface area (Å²) < 4.78 is 12.9. The number of halogens is 1. The van der Waals surface area contributed by atoms with Gasteiger partial charge in [-0.25, -0.2) is 9.37 Å². The summed E-state index contributed by atoms with van der Waals surface area (Å²) in [4.78, 5) is 21.0. The summed E-state index contributed by atoms with van der Waals surface area (Å²) >= 11 is 0. The number of pyridine rings is 1. The molecule has 0 radical (unpaired) electrons. The Labute approximate surface area is 161 Å². The van der Waals surface area contributed by atoms with Crippen LogP contribution in [0.25, 0.3) is 0 Å². The van der Waals surface area contributed by atoms with Crippen molar-refractivity contribution in [2.75, 3.05) is 41.3 Å². The number of hydrogen-bond acceptors (Lipinski definition) is 6. The van der Waals surface area contributed by atoms with Gasteiger partial charge in [0.15, 0.2) is 11.5 Å². The van der Waals surface area contributed by atoms with Crippen molar-refractivity contribution in [2.45, 2.75) is 0 Å². The van der Waals surface area contributed by atoms with E-state index in [1.807, 2.05) is 18.2 Å². The number of hydrogen-bond donors (Lipinski definition) is 1. The lowest BCUT2D eigenvalue weighted by Crippen LogP contribution is -2.47. The molecule has 0 bridgehead atoms. The fourth-order valence-electron chi connectivity index (χ4n) is 3.05. The van der Waals surface area contributed by atoms with Gasteiger partial charge in [0, 0.05) is 38.1 Å². The first kappa shape index (κ1) is 17.8. The molecule has 2 aromatic heterocycles. The largest absolute Gasteiger partial charge is 0.353 e. The topological polar surface area (TPSA) is 74.2 Å². The van der Waals surface area contributed by atoms with Gasteiger partial charge in [0.05, 0.1) is 0 Å². The van der Waals surface area contributed by atoms with E-state index < -0.39 is 0 Å². The first-order chi connectivity index (χ1) is 13.7. The molecule has 0 unspecified atom stereocenters. The van der Waals surface area contributed by atoms with E-state index in [0.717, 1.165) is 37.8 Å². The van der Waals surface area contributed by atoms with Crippen LogP contribution in [0.5, 0.6) is 0 Å². The van der Waals surface area contributed by atoms with E-state index >= 15 is 0 Å². The van der Waals surface area contributed by atoms with Crippen molar-refractivity contribution < 1.29 is 9.18 Å². The summed E-state index contributed by atoms with van der Waals surface area (Å²) in [6, 6.07) is 14.9. The normalized spacial score (nSPS) is 14.0. The number of nitrogens with zero attached hydrogens (tertiary/aromatic N) is 5. The maximum atomic E-state index is 12.9. The zero-order valence-electron chi connectivity index (χ0n) is 15.1. The highest BCUT2D eigenvalue weighted by Gasteiger charge is 2.19. The quantitative estimate of drug-likeness (QED) is 0.752. The molecule has 0 atom stereocenters. The maximum absolute atomic E-state index is 12.9. The monoisotopic (exact) mass is 378 g/mol. The molecule has 1 aliphatic heterocycles. The highest BCUT2D eigenvalue weighted by atomic mass is 19.1. The van der Waals surface area contributed by atoms with Crippen molar-refractivity contribution in [2.24, 2.45) is 0 Å². The Hall–Kier alpha value is -3.55. The predicted molar refractivity (Wildman–Crippen MR) is 105 cm³/mol. The Morgan fingerprint density at radius 3 is 2.18 bits per heavy atom. The lowest BCUT2D eigenvalue weighted by atomic mass is 10.2. The molecule has 1 N–H and O–H groups in total. The summed E-state index contributed by atoms with van der Waals surface area (Å²) in [6.45, 7) is 3.27. The van der Waals surface area contributed by atoms with Crippen molar-refractivity contribution in [3.05, 3.63) is 72.3 Å². The lowest BCUT2D eigenvalue weighted by Gasteiger charge is -2.35. The van der Waals surface area contributed by atoms with E-state index in [1.54, 1.807) is 18.3 Å². The number of amides is 1. The van der Waals surface area contributed by atoms with Gasteiger partial charge in [0.1, 0.15) is 11.6 Å². The number of nitrogens with one attached hydrogen (secondary N) is 1. The zero-order valence-corrected chi connectivity index (χ0v) is 15.1. The van der Waals surface area contributed by atoms with Gasteiger partial charge in [-0.2, -0.15) is 0 Å². The van der Waals surface area contributed by atoms with Gasteiger partial charge in [0.25, 0.3) is 5.91 Å². The molecule has 4 rings (SSSR count). The average molecular weight is 378 g/mol. The van der Waals surface area contributed by atoms with Gasteiger partial charge in [-0.15, -0.1) is 10.2 Å². The van der Waals surface area contributed by atoms with Gasteiger partial charge in [-0.1, -0.05) is 6.07 Å². The van der Waals surface area contributed by atoms with Crippen LogP contribution in [0.2, 0.25) is 0 Å². The number of piperazine rings is 1. The highest BCUT2D eigenvalue weighted by Crippen LogP contribution is 2.17. The van der Waals surface area contributed by atoms with Gasteiger partial charge < -0.3 is 15.1 Å². The number of benzene rings is 1. The first-order valence-corrected chi connectivity index (χ1v) is 9.00. The highest BCUT2D eigenvalue weighted by molar-refractivity contribution is 6.02. The van der Waals surface area contributed by atoms with Gasteiger partial charge >= 0.3 is 0 Å². The Bertz CT molecular complexity index is 925. The Kier molecular flexibility index (Phi) is 5.09. The van der Waals surface area contributed by atoms with Crippen molar-refractivity contribution in [3.63, 3.8) is 0 Å². The number of carbonyl (C=O) groups is 1. The third-order valence-corrected chi connectivity index (χ3v) is 4.56. The molecule has 1 fully saturated rings. The summed E-state index contributed by atoms with van der Waals surface area (Å²) in [5.41, 5.74) is 0.711. The molecule has 0 spiro atoms. The third-order valence-electron chi connectivity index (χ3n) is 4.56. The summed E-state index contributed by atoms with van der Waals surface area (Å²) in [6.07, 6.45) is 1.79. The van der Waals surface area contributed by atoms with Crippen LogP contribution in [0.1, 0.15) is 10.5 Å². The molecule has 1 aliphatic rings. The second-order valence-electron chi connectivity index (χ2n) is 6.40. The fraction of sp³-hybridized carbons (Fsp3) is 0.200. The Morgan fingerprint density at radius 2 is 1.57 bits per heavy atom. The fourth-order valence-corrected chi connectivity index (χ4v) is 3.05. The summed E-state index contributed by atoms with van der Waals surface area (Å²) in [5, 5.41) is 10.9. The van der Waals surface area contributed by atoms with E-state index in [0.29, 0.717) is 5.69 Å². The molecule has 28 heavy (non-hydrogen) atoms. The molecule has 1 aromatic carbocycles. The average Bonchev–Trinajstić information content (AvgIpc) is 2.76. The van der Waals surface area contributed by atoms with Crippen LogP contribution in [0, 0.1) is 5.82 Å². The number of carbonyl (C=O) groups excluding carboxylic acids is 1. The van der Waals surface area contributed by atoms with Crippen molar-refractivity contribution >= 4 is 23.2 Å². The number of anilines is 3. The van der Waals surface area contributed by atoms with Gasteiger partial charge in [-0.3, -0.25) is 4.79 Å². The van der Waals surface area contributed by atoms with E-state index in [4.69, 9.17) is 0 Å². The van der Waals surface area contributed by atoms with Crippen LogP contribution in [-0.2, 0) is 0 Å². The second-order valence-corrected chi connectivity index (χ2v) is 6.40. The second kappa shape index (κ2) is 7.99. The van der Waals surface area contributed by atoms with Crippen LogP contribution in [0.3, 0.4) is 0 Å². The SMILES string of the molecule is O=C(Nc1ccc(F)cc1)c1ccc(N2CCN(c3ccccn3)CC2)nn1. The summed E-state index contributed by atoms with van der Waals surface area (Å²) in [5.74, 6) is 0.968. The minimum absolute atomic E-state index is 0.209. The molecule has 142 valence electrons. The third kappa shape index (κ3) is 4.06. The first-order valence-electron chi connectivity index (χ1n) is 9.00. The lowest BCUT2D eigenvalue weighted by molar-refractivity contribution is 0.102. The molecule has 1 amide bonds. The van der Waals surface area contributed by atoms with E-state index in [1.165, 1.54) is 24.3 Å². The number of rotatable bonds is 4. The molecule has 8 heteroatoms. The van der Waals surface area contributed by atoms with Crippen LogP contribution in [-0.4, -0.2) is 47.3 Å². The minimum atomic E-state index is -0.384.